The highest BCUT2D eigenvalue weighted by Crippen LogP contribution is 2.55. The molecule has 0 fully saturated rings. The average molecular weight is 749 g/mol. The lowest BCUT2D eigenvalue weighted by Gasteiger charge is -2.22. The number of nitrogens with zero attached hydrogens (tertiary/aromatic N) is 2. The number of hydrogen-bond donors (Lipinski definition) is 6. The number of aromatic hydroxyl groups is 6. The van der Waals surface area contributed by atoms with Crippen LogP contribution in [0.1, 0.15) is 33.9 Å². The molecule has 10 heteroatoms. The molecule has 10 nitrogen and oxygen atoms in total. The number of phenols is 6. The standard InChI is InChI=1S/C46H40N2O8/c1-19-9-25-27(41-31-13-21(3)47-23(5)39(31)33(49)17-35(41)51)15-29(45(53)43(25)37(11-19)55-7)30-16-28(26-10-20(2)12-38(56-8)44(26)46(30)54)42-32-14-22(4)48-24(6)40(32)34(50)18-36(42)52/h9-18,49-54H,1-8H3. The Morgan fingerprint density at radius 3 is 1.12 bits per heavy atom. The Balaban J connectivity index is 1.60. The zero-order chi connectivity index (χ0) is 40.1. The van der Waals surface area contributed by atoms with E-state index in [4.69, 9.17) is 9.47 Å². The van der Waals surface area contributed by atoms with Crippen LogP contribution in [0.25, 0.3) is 76.5 Å². The molecule has 0 aliphatic carbocycles. The minimum absolute atomic E-state index is 0.135. The average Bonchev–Trinajstić information content (AvgIpc) is 3.11. The Kier molecular flexibility index (Phi) is 8.26. The van der Waals surface area contributed by atoms with E-state index in [9.17, 15) is 30.6 Å². The molecule has 282 valence electrons. The van der Waals surface area contributed by atoms with Crippen molar-refractivity contribution in [1.29, 1.82) is 0 Å². The molecule has 0 radical (unpaired) electrons. The predicted octanol–water partition coefficient (Wildman–Crippen LogP) is 10.2. The first-order chi connectivity index (χ1) is 26.6. The molecular weight excluding hydrogens is 709 g/mol. The van der Waals surface area contributed by atoms with E-state index >= 15 is 0 Å². The molecule has 0 aliphatic rings. The molecule has 0 saturated carbocycles. The van der Waals surface area contributed by atoms with Crippen molar-refractivity contribution in [2.45, 2.75) is 41.5 Å². The van der Waals surface area contributed by atoms with E-state index in [0.29, 0.717) is 99.6 Å². The zero-order valence-electron chi connectivity index (χ0n) is 32.2. The van der Waals surface area contributed by atoms with Crippen molar-refractivity contribution in [3.05, 3.63) is 94.6 Å². The van der Waals surface area contributed by atoms with Crippen LogP contribution < -0.4 is 9.47 Å². The number of aromatic nitrogens is 2. The Labute approximate surface area is 322 Å². The van der Waals surface area contributed by atoms with Gasteiger partial charge in [0.25, 0.3) is 0 Å². The molecule has 0 atom stereocenters. The van der Waals surface area contributed by atoms with Gasteiger partial charge in [0, 0.05) is 78.7 Å². The predicted molar refractivity (Wildman–Crippen MR) is 220 cm³/mol. The fraction of sp³-hybridized carbons (Fsp3) is 0.174. The van der Waals surface area contributed by atoms with Crippen LogP contribution in [0.15, 0.2) is 60.7 Å². The number of benzene rings is 6. The lowest BCUT2D eigenvalue weighted by atomic mass is 9.85. The molecule has 2 aromatic heterocycles. The molecular formula is C46H40N2O8. The number of hydrogen-bond acceptors (Lipinski definition) is 10. The smallest absolute Gasteiger partial charge is 0.135 e. The van der Waals surface area contributed by atoms with Gasteiger partial charge in [0.05, 0.1) is 25.0 Å². The Bertz CT molecular complexity index is 2800. The molecule has 0 aliphatic heterocycles. The Morgan fingerprint density at radius 1 is 0.393 bits per heavy atom. The summed E-state index contributed by atoms with van der Waals surface area (Å²) in [4.78, 5) is 9.14. The molecule has 0 unspecified atom stereocenters. The number of methoxy groups -OCH3 is 2. The van der Waals surface area contributed by atoms with Crippen LogP contribution in [0.2, 0.25) is 0 Å². The molecule has 0 spiro atoms. The Morgan fingerprint density at radius 2 is 0.768 bits per heavy atom. The fourth-order valence-corrected chi connectivity index (χ4v) is 8.50. The van der Waals surface area contributed by atoms with Gasteiger partial charge in [-0.15, -0.1) is 0 Å². The van der Waals surface area contributed by atoms with E-state index in [0.717, 1.165) is 11.1 Å². The highest BCUT2D eigenvalue weighted by molar-refractivity contribution is 6.18. The maximum Gasteiger partial charge on any atom is 0.135 e. The van der Waals surface area contributed by atoms with Gasteiger partial charge in [-0.3, -0.25) is 9.97 Å². The van der Waals surface area contributed by atoms with E-state index in [1.165, 1.54) is 26.4 Å². The third kappa shape index (κ3) is 5.31. The van der Waals surface area contributed by atoms with Crippen LogP contribution >= 0.6 is 0 Å². The van der Waals surface area contributed by atoms with Gasteiger partial charge < -0.3 is 40.1 Å². The van der Waals surface area contributed by atoms with Crippen molar-refractivity contribution >= 4 is 43.1 Å². The van der Waals surface area contributed by atoms with Gasteiger partial charge in [0.2, 0.25) is 0 Å². The number of pyridine rings is 2. The second-order valence-corrected chi connectivity index (χ2v) is 14.5. The minimum Gasteiger partial charge on any atom is -0.507 e. The summed E-state index contributed by atoms with van der Waals surface area (Å²) in [5, 5.41) is 74.1. The second-order valence-electron chi connectivity index (χ2n) is 14.5. The summed E-state index contributed by atoms with van der Waals surface area (Å²) < 4.78 is 11.7. The van der Waals surface area contributed by atoms with Crippen molar-refractivity contribution in [1.82, 2.24) is 9.97 Å². The van der Waals surface area contributed by atoms with Gasteiger partial charge >= 0.3 is 0 Å². The third-order valence-electron chi connectivity index (χ3n) is 10.7. The van der Waals surface area contributed by atoms with Crippen LogP contribution in [0.3, 0.4) is 0 Å². The van der Waals surface area contributed by atoms with Gasteiger partial charge in [0.1, 0.15) is 46.0 Å². The van der Waals surface area contributed by atoms with Crippen LogP contribution in [0.5, 0.6) is 46.0 Å². The monoisotopic (exact) mass is 748 g/mol. The van der Waals surface area contributed by atoms with Gasteiger partial charge in [-0.2, -0.15) is 0 Å². The van der Waals surface area contributed by atoms with E-state index in [1.54, 1.807) is 50.2 Å². The first kappa shape index (κ1) is 36.1. The summed E-state index contributed by atoms with van der Waals surface area (Å²) in [6, 6.07) is 16.9. The SMILES string of the molecule is COc1cc(C)cc2c(-c3c(O)cc(O)c4c(C)nc(C)cc34)cc(-c3cc(-c4c(O)cc(O)c5c(C)nc(C)cc45)c4cc(C)cc(OC)c4c3O)c(O)c12. The molecule has 8 aromatic rings. The summed E-state index contributed by atoms with van der Waals surface area (Å²) >= 11 is 0. The van der Waals surface area contributed by atoms with E-state index < -0.39 is 0 Å². The van der Waals surface area contributed by atoms with Crippen LogP contribution in [-0.2, 0) is 0 Å². The van der Waals surface area contributed by atoms with Crippen LogP contribution in [0.4, 0.5) is 0 Å². The van der Waals surface area contributed by atoms with Crippen LogP contribution in [0, 0.1) is 41.5 Å². The number of fused-ring (bicyclic) bond motifs is 4. The summed E-state index contributed by atoms with van der Waals surface area (Å²) in [5.41, 5.74) is 6.18. The van der Waals surface area contributed by atoms with E-state index in [-0.39, 0.29) is 45.6 Å². The number of ether oxygens (including phenoxy) is 2. The van der Waals surface area contributed by atoms with Gasteiger partial charge in [-0.1, -0.05) is 12.1 Å². The minimum atomic E-state index is -0.209. The highest BCUT2D eigenvalue weighted by atomic mass is 16.5. The molecule has 6 aromatic carbocycles. The number of phenolic OH excluding ortho intramolecular Hbond substituents is 6. The molecule has 2 heterocycles. The lowest BCUT2D eigenvalue weighted by molar-refractivity contribution is 0.415. The third-order valence-corrected chi connectivity index (χ3v) is 10.7. The molecule has 0 bridgehead atoms. The van der Waals surface area contributed by atoms with Crippen molar-refractivity contribution in [2.75, 3.05) is 14.2 Å². The first-order valence-electron chi connectivity index (χ1n) is 18.0. The molecule has 8 rings (SSSR count). The van der Waals surface area contributed by atoms with Crippen LogP contribution in [-0.4, -0.2) is 54.8 Å². The first-order valence-corrected chi connectivity index (χ1v) is 18.0. The normalized spacial score (nSPS) is 11.6. The summed E-state index contributed by atoms with van der Waals surface area (Å²) in [5.74, 6) is -0.400. The topological polar surface area (TPSA) is 166 Å². The lowest BCUT2D eigenvalue weighted by Crippen LogP contribution is -1.97. The van der Waals surface area contributed by atoms with Crippen molar-refractivity contribution < 1.29 is 40.1 Å². The number of aryl methyl sites for hydroxylation is 6. The maximum atomic E-state index is 12.4. The zero-order valence-corrected chi connectivity index (χ0v) is 32.2. The quantitative estimate of drug-likeness (QED) is 0.0997. The highest BCUT2D eigenvalue weighted by Gasteiger charge is 2.28. The van der Waals surface area contributed by atoms with Gasteiger partial charge in [-0.05, 0) is 111 Å². The van der Waals surface area contributed by atoms with E-state index in [2.05, 4.69) is 9.97 Å². The van der Waals surface area contributed by atoms with Crippen molar-refractivity contribution in [3.63, 3.8) is 0 Å². The van der Waals surface area contributed by atoms with Gasteiger partial charge in [-0.25, -0.2) is 0 Å². The molecule has 0 amide bonds. The largest absolute Gasteiger partial charge is 0.507 e. The Hall–Kier alpha value is -6.94. The van der Waals surface area contributed by atoms with E-state index in [1.807, 2.05) is 39.8 Å². The van der Waals surface area contributed by atoms with Gasteiger partial charge in [0.15, 0.2) is 0 Å². The fourth-order valence-electron chi connectivity index (χ4n) is 8.50. The van der Waals surface area contributed by atoms with Crippen molar-refractivity contribution in [3.8, 4) is 79.4 Å². The molecule has 56 heavy (non-hydrogen) atoms. The maximum absolute atomic E-state index is 12.4. The summed E-state index contributed by atoms with van der Waals surface area (Å²) in [6.45, 7) is 11.0. The summed E-state index contributed by atoms with van der Waals surface area (Å²) in [7, 11) is 3.00. The number of rotatable bonds is 5. The second kappa shape index (κ2) is 12.8. The van der Waals surface area contributed by atoms with Crippen molar-refractivity contribution in [2.24, 2.45) is 0 Å². The summed E-state index contributed by atoms with van der Waals surface area (Å²) in [6.07, 6.45) is 0. The molecule has 6 N–H and O–H groups in total. The molecule has 0 saturated heterocycles.